The van der Waals surface area contributed by atoms with Gasteiger partial charge in [0.1, 0.15) is 16.8 Å². The number of hydrogen-bond acceptors (Lipinski definition) is 6. The molecule has 3 aromatic rings. The van der Waals surface area contributed by atoms with E-state index in [1.165, 1.54) is 0 Å². The maximum atomic E-state index is 12.4. The largest absolute Gasteiger partial charge is 0.492 e. The molecule has 0 bridgehead atoms. The SMILES string of the molecule is CCOC(=O)c1cnc2c(OCC)cccc2c1Nc1sccc1C. The Bertz CT molecular complexity index is 905. The van der Waals surface area contributed by atoms with E-state index in [1.54, 1.807) is 24.5 Å². The lowest BCUT2D eigenvalue weighted by Crippen LogP contribution is -2.09. The number of aryl methyl sites for hydroxylation is 1. The molecule has 0 aliphatic heterocycles. The summed E-state index contributed by atoms with van der Waals surface area (Å²) in [6.45, 7) is 6.61. The van der Waals surface area contributed by atoms with Crippen molar-refractivity contribution in [3.05, 3.63) is 47.0 Å². The van der Waals surface area contributed by atoms with E-state index in [1.807, 2.05) is 43.5 Å². The monoisotopic (exact) mass is 356 g/mol. The van der Waals surface area contributed by atoms with Gasteiger partial charge in [0.25, 0.3) is 0 Å². The van der Waals surface area contributed by atoms with Gasteiger partial charge in [0.2, 0.25) is 0 Å². The molecular formula is C19H20N2O3S. The van der Waals surface area contributed by atoms with Crippen molar-refractivity contribution in [1.29, 1.82) is 0 Å². The van der Waals surface area contributed by atoms with Crippen LogP contribution in [0.2, 0.25) is 0 Å². The Kier molecular flexibility index (Phi) is 5.19. The molecule has 0 amide bonds. The van der Waals surface area contributed by atoms with Crippen LogP contribution in [-0.2, 0) is 4.74 Å². The Hall–Kier alpha value is -2.60. The van der Waals surface area contributed by atoms with Crippen molar-refractivity contribution in [3.8, 4) is 5.75 Å². The first-order valence-electron chi connectivity index (χ1n) is 8.18. The van der Waals surface area contributed by atoms with E-state index in [9.17, 15) is 4.79 Å². The van der Waals surface area contributed by atoms with Crippen molar-refractivity contribution >= 4 is 38.9 Å². The maximum absolute atomic E-state index is 12.4. The topological polar surface area (TPSA) is 60.5 Å². The lowest BCUT2D eigenvalue weighted by atomic mass is 10.1. The number of aromatic nitrogens is 1. The molecule has 3 rings (SSSR count). The van der Waals surface area contributed by atoms with Gasteiger partial charge in [0.15, 0.2) is 0 Å². The number of para-hydroxylation sites is 1. The summed E-state index contributed by atoms with van der Waals surface area (Å²) in [5, 5.41) is 7.21. The highest BCUT2D eigenvalue weighted by molar-refractivity contribution is 7.14. The molecule has 0 aliphatic rings. The summed E-state index contributed by atoms with van der Waals surface area (Å²) in [5.74, 6) is 0.303. The Labute approximate surface area is 150 Å². The van der Waals surface area contributed by atoms with Gasteiger partial charge in [-0.1, -0.05) is 12.1 Å². The molecular weight excluding hydrogens is 336 g/mol. The van der Waals surface area contributed by atoms with E-state index < -0.39 is 5.97 Å². The second-order valence-corrected chi connectivity index (χ2v) is 6.33. The molecule has 0 spiro atoms. The fourth-order valence-electron chi connectivity index (χ4n) is 2.58. The van der Waals surface area contributed by atoms with Crippen molar-refractivity contribution in [2.75, 3.05) is 18.5 Å². The molecule has 0 saturated heterocycles. The predicted molar refractivity (Wildman–Crippen MR) is 101 cm³/mol. The van der Waals surface area contributed by atoms with Gasteiger partial charge in [-0.15, -0.1) is 11.3 Å². The Balaban J connectivity index is 2.19. The highest BCUT2D eigenvalue weighted by atomic mass is 32.1. The third kappa shape index (κ3) is 3.44. The van der Waals surface area contributed by atoms with Gasteiger partial charge in [-0.25, -0.2) is 4.79 Å². The van der Waals surface area contributed by atoms with Crippen LogP contribution in [0.3, 0.4) is 0 Å². The van der Waals surface area contributed by atoms with E-state index in [0.29, 0.717) is 35.7 Å². The molecule has 0 aliphatic carbocycles. The number of fused-ring (bicyclic) bond motifs is 1. The van der Waals surface area contributed by atoms with Gasteiger partial charge in [0, 0.05) is 11.6 Å². The molecule has 0 saturated carbocycles. The second kappa shape index (κ2) is 7.53. The molecule has 6 heteroatoms. The van der Waals surface area contributed by atoms with E-state index in [4.69, 9.17) is 9.47 Å². The Morgan fingerprint density at radius 3 is 2.76 bits per heavy atom. The molecule has 5 nitrogen and oxygen atoms in total. The standard InChI is InChI=1S/C19H20N2O3S/c1-4-23-15-8-6-7-13-16(21-18-12(3)9-10-25-18)14(11-20-17(13)15)19(22)24-5-2/h6-11H,4-5H2,1-3H3,(H,20,21). The zero-order valence-electron chi connectivity index (χ0n) is 14.5. The van der Waals surface area contributed by atoms with Crippen molar-refractivity contribution < 1.29 is 14.3 Å². The molecule has 130 valence electrons. The van der Waals surface area contributed by atoms with Crippen LogP contribution in [-0.4, -0.2) is 24.2 Å². The molecule has 0 radical (unpaired) electrons. The van der Waals surface area contributed by atoms with Crippen LogP contribution < -0.4 is 10.1 Å². The highest BCUT2D eigenvalue weighted by Crippen LogP contribution is 2.36. The third-order valence-corrected chi connectivity index (χ3v) is 4.69. The second-order valence-electron chi connectivity index (χ2n) is 5.41. The number of anilines is 2. The van der Waals surface area contributed by atoms with Crippen LogP contribution in [0.15, 0.2) is 35.8 Å². The number of nitrogens with zero attached hydrogens (tertiary/aromatic N) is 1. The fraction of sp³-hybridized carbons (Fsp3) is 0.263. The van der Waals surface area contributed by atoms with Gasteiger partial charge in [-0.3, -0.25) is 4.98 Å². The quantitative estimate of drug-likeness (QED) is 0.635. The van der Waals surface area contributed by atoms with Crippen molar-refractivity contribution in [2.45, 2.75) is 20.8 Å². The van der Waals surface area contributed by atoms with Crippen LogP contribution in [0.1, 0.15) is 29.8 Å². The van der Waals surface area contributed by atoms with E-state index in [2.05, 4.69) is 10.3 Å². The third-order valence-electron chi connectivity index (χ3n) is 3.76. The molecule has 0 unspecified atom stereocenters. The summed E-state index contributed by atoms with van der Waals surface area (Å²) in [7, 11) is 0. The zero-order valence-corrected chi connectivity index (χ0v) is 15.3. The van der Waals surface area contributed by atoms with Crippen LogP contribution in [0.4, 0.5) is 10.7 Å². The minimum atomic E-state index is -0.393. The zero-order chi connectivity index (χ0) is 17.8. The minimum absolute atomic E-state index is 0.313. The van der Waals surface area contributed by atoms with Crippen molar-refractivity contribution in [1.82, 2.24) is 4.98 Å². The average Bonchev–Trinajstić information content (AvgIpc) is 3.01. The predicted octanol–water partition coefficient (Wildman–Crippen LogP) is 4.92. The Morgan fingerprint density at radius 1 is 1.24 bits per heavy atom. The van der Waals surface area contributed by atoms with Crippen LogP contribution in [0, 0.1) is 6.92 Å². The minimum Gasteiger partial charge on any atom is -0.492 e. The van der Waals surface area contributed by atoms with Gasteiger partial charge >= 0.3 is 5.97 Å². The summed E-state index contributed by atoms with van der Waals surface area (Å²) < 4.78 is 10.9. The number of hydrogen-bond donors (Lipinski definition) is 1. The fourth-order valence-corrected chi connectivity index (χ4v) is 3.40. The first kappa shape index (κ1) is 17.2. The Morgan fingerprint density at radius 2 is 2.08 bits per heavy atom. The number of pyridine rings is 1. The molecule has 1 aromatic carbocycles. The van der Waals surface area contributed by atoms with Gasteiger partial charge in [-0.2, -0.15) is 0 Å². The summed E-state index contributed by atoms with van der Waals surface area (Å²) in [5.41, 5.74) is 2.94. The first-order chi connectivity index (χ1) is 12.2. The van der Waals surface area contributed by atoms with E-state index >= 15 is 0 Å². The van der Waals surface area contributed by atoms with Crippen LogP contribution >= 0.6 is 11.3 Å². The smallest absolute Gasteiger partial charge is 0.341 e. The normalized spacial score (nSPS) is 10.7. The maximum Gasteiger partial charge on any atom is 0.341 e. The number of carbonyl (C=O) groups is 1. The lowest BCUT2D eigenvalue weighted by molar-refractivity contribution is 0.0527. The van der Waals surface area contributed by atoms with Crippen LogP contribution in [0.25, 0.3) is 10.9 Å². The number of benzene rings is 1. The van der Waals surface area contributed by atoms with E-state index in [0.717, 1.165) is 16.0 Å². The number of ether oxygens (including phenoxy) is 2. The molecule has 25 heavy (non-hydrogen) atoms. The summed E-state index contributed by atoms with van der Waals surface area (Å²) in [4.78, 5) is 16.9. The molecule has 1 N–H and O–H groups in total. The van der Waals surface area contributed by atoms with Crippen molar-refractivity contribution in [2.24, 2.45) is 0 Å². The van der Waals surface area contributed by atoms with Gasteiger partial charge < -0.3 is 14.8 Å². The number of rotatable bonds is 6. The van der Waals surface area contributed by atoms with Gasteiger partial charge in [-0.05, 0) is 43.8 Å². The molecule has 2 aromatic heterocycles. The highest BCUT2D eigenvalue weighted by Gasteiger charge is 2.19. The van der Waals surface area contributed by atoms with Crippen molar-refractivity contribution in [3.63, 3.8) is 0 Å². The van der Waals surface area contributed by atoms with Gasteiger partial charge in [0.05, 0.1) is 23.9 Å². The van der Waals surface area contributed by atoms with Crippen LogP contribution in [0.5, 0.6) is 5.75 Å². The number of carbonyl (C=O) groups excluding carboxylic acids is 1. The van der Waals surface area contributed by atoms with E-state index in [-0.39, 0.29) is 0 Å². The summed E-state index contributed by atoms with van der Waals surface area (Å²) >= 11 is 1.59. The number of thiophene rings is 1. The molecule has 2 heterocycles. The first-order valence-corrected chi connectivity index (χ1v) is 9.06. The summed E-state index contributed by atoms with van der Waals surface area (Å²) in [6.07, 6.45) is 1.55. The molecule has 0 atom stereocenters. The molecule has 0 fully saturated rings. The summed E-state index contributed by atoms with van der Waals surface area (Å²) in [6, 6.07) is 7.74. The number of esters is 1. The average molecular weight is 356 g/mol. The number of nitrogens with one attached hydrogen (secondary N) is 1. The lowest BCUT2D eigenvalue weighted by Gasteiger charge is -2.15.